The van der Waals surface area contributed by atoms with Crippen molar-refractivity contribution < 1.29 is 41.7 Å². The molecule has 4 aliphatic carbocycles. The zero-order chi connectivity index (χ0) is 40.8. The van der Waals surface area contributed by atoms with Gasteiger partial charge < -0.3 is 0 Å². The second kappa shape index (κ2) is 18.7. The molecule has 0 aliphatic heterocycles. The van der Waals surface area contributed by atoms with Crippen molar-refractivity contribution in [2.24, 2.45) is 11.8 Å². The van der Waals surface area contributed by atoms with Gasteiger partial charge in [0.05, 0.1) is 16.1 Å². The third kappa shape index (κ3) is 8.34. The van der Waals surface area contributed by atoms with Crippen LogP contribution in [-0.4, -0.2) is 16.1 Å². The zero-order valence-electron chi connectivity index (χ0n) is 35.6. The Kier molecular flexibility index (Phi) is 16.2. The molecule has 0 spiro atoms. The zero-order valence-corrected chi connectivity index (χ0v) is 45.5. The van der Waals surface area contributed by atoms with Crippen LogP contribution in [-0.2, 0) is 41.7 Å². The topological polar surface area (TPSA) is 0 Å². The molecule has 0 heterocycles. The van der Waals surface area contributed by atoms with E-state index >= 15 is 0 Å². The van der Waals surface area contributed by atoms with E-state index in [0.717, 1.165) is 0 Å². The van der Waals surface area contributed by atoms with Crippen LogP contribution >= 0.6 is 34.1 Å². The summed E-state index contributed by atoms with van der Waals surface area (Å²) in [7, 11) is 16.0. The van der Waals surface area contributed by atoms with E-state index in [0.29, 0.717) is 34.0 Å². The monoisotopic (exact) mass is 990 g/mol. The fraction of sp³-hybridized carbons (Fsp3) is 0.478. The minimum absolute atomic E-state index is 0.523. The predicted molar refractivity (Wildman–Crippen MR) is 242 cm³/mol. The van der Waals surface area contributed by atoms with Crippen LogP contribution in [0.1, 0.15) is 116 Å². The average Bonchev–Trinajstić information content (AvgIpc) is 3.81. The minimum atomic E-state index is -1.87. The number of allylic oxidation sites excluding steroid dienone is 10. The molecule has 2 atom stereocenters. The van der Waals surface area contributed by atoms with Gasteiger partial charge in [0.1, 0.15) is 0 Å². The first kappa shape index (κ1) is 46.9. The number of hydrogen-bond acceptors (Lipinski definition) is 0. The van der Waals surface area contributed by atoms with Crippen LogP contribution in [0.25, 0.3) is 23.3 Å². The van der Waals surface area contributed by atoms with Gasteiger partial charge in [0, 0.05) is 11.1 Å². The van der Waals surface area contributed by atoms with Crippen molar-refractivity contribution in [1.29, 1.82) is 0 Å². The summed E-state index contributed by atoms with van der Waals surface area (Å²) in [5.74, 6) is 1.05. The molecular weight excluding hydrogens is 933 g/mol. The second-order valence-electron chi connectivity index (χ2n) is 18.0. The summed E-state index contributed by atoms with van der Waals surface area (Å²) in [6.07, 6.45) is 5.29. The van der Waals surface area contributed by atoms with Gasteiger partial charge in [-0.1, -0.05) is 136 Å². The van der Waals surface area contributed by atoms with E-state index < -0.39 is 57.8 Å². The van der Waals surface area contributed by atoms with Crippen molar-refractivity contribution >= 4 is 62.4 Å². The number of hydrogen-bond donors (Lipinski definition) is 0. The van der Waals surface area contributed by atoms with Gasteiger partial charge in [0.25, 0.3) is 0 Å². The van der Waals surface area contributed by atoms with Crippen LogP contribution in [0.2, 0.25) is 37.3 Å². The third-order valence-electron chi connectivity index (χ3n) is 14.0. The molecule has 290 valence electrons. The first-order valence-corrected chi connectivity index (χ1v) is 38.5. The molecule has 2 aromatic rings. The summed E-state index contributed by atoms with van der Waals surface area (Å²) < 4.78 is 0. The standard InChI is InChI=1S/C46H62Si2.4ClH.2Zr/c1-25(2)39-23-41-35(19-17-21-37(41)45(39)47(13,14)43-31(9)27(5)28(6)32(43)10)36-20-18-22-38-42(36)24-40(26(3)4)46(38)48(15,16)44-33(11)29(7)30(8)34(44)12;;;;;;/h17-26,43-46H,1-16H3;4*1H;;/q;;;;;2*+2/p-4. The van der Waals surface area contributed by atoms with E-state index in [9.17, 15) is 0 Å². The van der Waals surface area contributed by atoms with Gasteiger partial charge in [-0.15, -0.1) is 0 Å². The van der Waals surface area contributed by atoms with Crippen LogP contribution in [0.5, 0.6) is 0 Å². The van der Waals surface area contributed by atoms with Crippen molar-refractivity contribution in [1.82, 2.24) is 0 Å². The van der Waals surface area contributed by atoms with Crippen LogP contribution in [0.15, 0.2) is 92.1 Å². The molecule has 0 nitrogen and oxygen atoms in total. The van der Waals surface area contributed by atoms with Gasteiger partial charge in [-0.05, 0) is 134 Å². The van der Waals surface area contributed by atoms with Crippen molar-refractivity contribution in [2.75, 3.05) is 0 Å². The molecule has 0 N–H and O–H groups in total. The Morgan fingerprint density at radius 2 is 0.722 bits per heavy atom. The molecule has 8 heteroatoms. The summed E-state index contributed by atoms with van der Waals surface area (Å²) in [6, 6.07) is 14.6. The molecule has 2 aromatic carbocycles. The van der Waals surface area contributed by atoms with E-state index in [4.69, 9.17) is 34.1 Å². The Hall–Kier alpha value is 0.240. The molecule has 0 bridgehead atoms. The van der Waals surface area contributed by atoms with Crippen LogP contribution in [0.4, 0.5) is 0 Å². The molecule has 0 aromatic heterocycles. The normalized spacial score (nSPS) is 20.3. The van der Waals surface area contributed by atoms with Crippen LogP contribution in [0.3, 0.4) is 0 Å². The van der Waals surface area contributed by atoms with E-state index in [-0.39, 0.29) is 0 Å². The Morgan fingerprint density at radius 3 is 0.963 bits per heavy atom. The van der Waals surface area contributed by atoms with Gasteiger partial charge in [-0.3, -0.25) is 0 Å². The number of rotatable bonds is 7. The molecule has 0 saturated carbocycles. The number of fused-ring (bicyclic) bond motifs is 2. The van der Waals surface area contributed by atoms with Gasteiger partial charge >= 0.3 is 75.7 Å². The van der Waals surface area contributed by atoms with Crippen molar-refractivity contribution in [3.05, 3.63) is 114 Å². The third-order valence-corrected chi connectivity index (χ3v) is 23.0. The average molecular weight is 995 g/mol. The van der Waals surface area contributed by atoms with E-state index in [1.165, 1.54) is 44.5 Å². The first-order chi connectivity index (χ1) is 25.2. The van der Waals surface area contributed by atoms with E-state index in [2.05, 4.69) is 158 Å². The Labute approximate surface area is 368 Å². The molecule has 0 saturated heterocycles. The quantitative estimate of drug-likeness (QED) is 0.243. The van der Waals surface area contributed by atoms with E-state index in [1.54, 1.807) is 44.6 Å². The molecule has 4 aliphatic rings. The Morgan fingerprint density at radius 1 is 0.463 bits per heavy atom. The van der Waals surface area contributed by atoms with Gasteiger partial charge in [0.15, 0.2) is 0 Å². The molecule has 0 amide bonds. The first-order valence-electron chi connectivity index (χ1n) is 19.5. The molecule has 0 fully saturated rings. The van der Waals surface area contributed by atoms with E-state index in [1.807, 2.05) is 0 Å². The fourth-order valence-electron chi connectivity index (χ4n) is 11.2. The molecule has 54 heavy (non-hydrogen) atoms. The van der Waals surface area contributed by atoms with Crippen molar-refractivity contribution in [3.63, 3.8) is 0 Å². The van der Waals surface area contributed by atoms with Crippen molar-refractivity contribution in [2.45, 2.75) is 131 Å². The number of benzene rings is 2. The fourth-order valence-corrected chi connectivity index (χ4v) is 21.9. The Bertz CT molecular complexity index is 1790. The summed E-state index contributed by atoms with van der Waals surface area (Å²) in [5.41, 5.74) is 27.3. The summed E-state index contributed by atoms with van der Waals surface area (Å²) in [4.78, 5) is 0. The van der Waals surface area contributed by atoms with Gasteiger partial charge in [-0.2, -0.15) is 0 Å². The van der Waals surface area contributed by atoms with Gasteiger partial charge in [-0.25, -0.2) is 0 Å². The van der Waals surface area contributed by atoms with Crippen LogP contribution in [0, 0.1) is 11.8 Å². The maximum absolute atomic E-state index is 4.93. The Balaban J connectivity index is 0.00000102. The molecule has 0 radical (unpaired) electrons. The molecule has 2 unspecified atom stereocenters. The molecular formula is C46H62Cl4Si2Zr2. The SMILES string of the molecule is CC1=C(C)C([Si](C)(C)C2C(C(C)C)=Cc3c(-c4cccc5c4C=C(C(C)C)C5[Si](C)(C)C4C(C)=C(C)C(C)=C4C)cccc32)C(C)=C1C.[Cl][Zr][Cl].[Cl][Zr][Cl]. The molecule has 6 rings (SSSR count). The summed E-state index contributed by atoms with van der Waals surface area (Å²) >= 11 is -1.65. The van der Waals surface area contributed by atoms with Crippen molar-refractivity contribution in [3.8, 4) is 11.1 Å². The van der Waals surface area contributed by atoms with Gasteiger partial charge in [0.2, 0.25) is 0 Å². The summed E-state index contributed by atoms with van der Waals surface area (Å²) in [6.45, 7) is 39.6. The summed E-state index contributed by atoms with van der Waals surface area (Å²) in [5, 5.41) is 0. The maximum atomic E-state index is 4.93. The second-order valence-corrected chi connectivity index (χ2v) is 35.0. The predicted octanol–water partition coefficient (Wildman–Crippen LogP) is 17.0. The van der Waals surface area contributed by atoms with Crippen LogP contribution < -0.4 is 0 Å². The number of halogens is 4.